The van der Waals surface area contributed by atoms with E-state index in [1.807, 2.05) is 0 Å². The first kappa shape index (κ1) is 13.1. The minimum absolute atomic E-state index is 0. The number of primary amides is 1. The Kier molecular flexibility index (Phi) is 7.31. The molecule has 0 aromatic rings. The molecule has 0 aliphatic heterocycles. The predicted molar refractivity (Wildman–Crippen MR) is 39.8 cm³/mol. The molecule has 0 saturated heterocycles. The molecule has 1 amide bonds. The van der Waals surface area contributed by atoms with Crippen molar-refractivity contribution in [2.45, 2.75) is 18.9 Å². The fraction of sp³-hybridized carbons (Fsp3) is 0.600. The molecule has 5 N–H and O–H groups in total. The van der Waals surface area contributed by atoms with Crippen molar-refractivity contribution in [1.29, 1.82) is 0 Å². The van der Waals surface area contributed by atoms with Crippen LogP contribution in [-0.4, -0.2) is 40.4 Å². The van der Waals surface area contributed by atoms with Gasteiger partial charge in [0.2, 0.25) is 5.91 Å². The summed E-state index contributed by atoms with van der Waals surface area (Å²) < 4.78 is 0. The van der Waals surface area contributed by atoms with Gasteiger partial charge in [0.1, 0.15) is 6.04 Å². The zero-order valence-corrected chi connectivity index (χ0v) is 7.14. The molecule has 0 aliphatic carbocycles. The smallest absolute Gasteiger partial charge is 0.480 e. The summed E-state index contributed by atoms with van der Waals surface area (Å²) >= 11 is 0. The van der Waals surface area contributed by atoms with E-state index in [9.17, 15) is 9.59 Å². The number of carboxylic acid groups (broad SMARTS) is 1. The molecular formula is C5H10AlN2O3+3. The molecule has 58 valence electrons. The number of carboxylic acids is 1. The Morgan fingerprint density at radius 3 is 2.18 bits per heavy atom. The molecule has 5 nitrogen and oxygen atoms in total. The average Bonchev–Trinajstić information content (AvgIpc) is 1.82. The average molecular weight is 173 g/mol. The molecule has 0 saturated carbocycles. The Morgan fingerprint density at radius 2 is 1.91 bits per heavy atom. The Bertz CT molecular complexity index is 151. The van der Waals surface area contributed by atoms with Crippen LogP contribution in [0.1, 0.15) is 12.8 Å². The van der Waals surface area contributed by atoms with E-state index in [4.69, 9.17) is 16.6 Å². The van der Waals surface area contributed by atoms with Gasteiger partial charge in [-0.15, -0.1) is 0 Å². The van der Waals surface area contributed by atoms with E-state index < -0.39 is 17.9 Å². The summed E-state index contributed by atoms with van der Waals surface area (Å²) in [5, 5.41) is 8.22. The molecular weight excluding hydrogens is 163 g/mol. The number of amides is 1. The molecule has 0 radical (unpaired) electrons. The molecule has 0 bridgehead atoms. The summed E-state index contributed by atoms with van der Waals surface area (Å²) in [6, 6.07) is -0.979. The van der Waals surface area contributed by atoms with Gasteiger partial charge in [-0.1, -0.05) is 0 Å². The van der Waals surface area contributed by atoms with Crippen LogP contribution in [-0.2, 0) is 9.59 Å². The molecule has 0 fully saturated rings. The number of hydrogen-bond acceptors (Lipinski definition) is 3. The van der Waals surface area contributed by atoms with E-state index in [-0.39, 0.29) is 30.2 Å². The summed E-state index contributed by atoms with van der Waals surface area (Å²) in [5.74, 6) is -1.64. The van der Waals surface area contributed by atoms with Gasteiger partial charge in [0.05, 0.1) is 0 Å². The third-order valence-electron chi connectivity index (χ3n) is 1.02. The summed E-state index contributed by atoms with van der Waals surface area (Å²) in [6.45, 7) is 0. The molecule has 0 rings (SSSR count). The van der Waals surface area contributed by atoms with Crippen LogP contribution in [0.5, 0.6) is 0 Å². The third-order valence-corrected chi connectivity index (χ3v) is 1.02. The number of hydrogen-bond donors (Lipinski definition) is 3. The first-order valence-electron chi connectivity index (χ1n) is 2.80. The minimum atomic E-state index is -1.11. The van der Waals surface area contributed by atoms with Gasteiger partial charge < -0.3 is 16.6 Å². The van der Waals surface area contributed by atoms with E-state index in [0.29, 0.717) is 0 Å². The maximum Gasteiger partial charge on any atom is 3.00 e. The van der Waals surface area contributed by atoms with Gasteiger partial charge in [0, 0.05) is 6.42 Å². The zero-order chi connectivity index (χ0) is 8.15. The second-order valence-electron chi connectivity index (χ2n) is 1.95. The molecule has 1 unspecified atom stereocenters. The quantitative estimate of drug-likeness (QED) is 0.439. The minimum Gasteiger partial charge on any atom is -0.480 e. The number of rotatable bonds is 4. The maximum absolute atomic E-state index is 10.1. The molecule has 11 heavy (non-hydrogen) atoms. The van der Waals surface area contributed by atoms with Crippen LogP contribution >= 0.6 is 0 Å². The number of carbonyl (C=O) groups excluding carboxylic acids is 1. The van der Waals surface area contributed by atoms with Gasteiger partial charge in [-0.25, -0.2) is 0 Å². The van der Waals surface area contributed by atoms with Crippen LogP contribution in [0.2, 0.25) is 0 Å². The molecule has 1 atom stereocenters. The van der Waals surface area contributed by atoms with Gasteiger partial charge >= 0.3 is 23.3 Å². The summed E-state index contributed by atoms with van der Waals surface area (Å²) in [7, 11) is 0. The van der Waals surface area contributed by atoms with Crippen molar-refractivity contribution in [1.82, 2.24) is 0 Å². The fourth-order valence-electron chi connectivity index (χ4n) is 0.421. The molecule has 0 heterocycles. The summed E-state index contributed by atoms with van der Waals surface area (Å²) in [4.78, 5) is 20.1. The van der Waals surface area contributed by atoms with Crippen molar-refractivity contribution in [3.05, 3.63) is 0 Å². The second kappa shape index (κ2) is 6.16. The van der Waals surface area contributed by atoms with Crippen molar-refractivity contribution >= 4 is 29.2 Å². The largest absolute Gasteiger partial charge is 3.00 e. The van der Waals surface area contributed by atoms with Crippen molar-refractivity contribution < 1.29 is 14.7 Å². The van der Waals surface area contributed by atoms with Crippen LogP contribution in [0, 0.1) is 0 Å². The van der Waals surface area contributed by atoms with Gasteiger partial charge in [0.25, 0.3) is 0 Å². The second-order valence-corrected chi connectivity index (χ2v) is 1.95. The van der Waals surface area contributed by atoms with Crippen LogP contribution in [0.3, 0.4) is 0 Å². The van der Waals surface area contributed by atoms with Crippen molar-refractivity contribution in [3.8, 4) is 0 Å². The normalized spacial score (nSPS) is 11.4. The predicted octanol–water partition coefficient (Wildman–Crippen LogP) is -1.72. The van der Waals surface area contributed by atoms with Gasteiger partial charge in [0.15, 0.2) is 0 Å². The van der Waals surface area contributed by atoms with Crippen LogP contribution in [0.15, 0.2) is 0 Å². The standard InChI is InChI=1S/C5H10N2O3.Al/c6-3(5(9)10)1-2-4(7)8;/h3H,1-2,6H2,(H2,7,8)(H,9,10);/q;+3. The number of nitrogens with two attached hydrogens (primary N) is 2. The Labute approximate surface area is 74.9 Å². The van der Waals surface area contributed by atoms with E-state index in [1.54, 1.807) is 0 Å². The SMILES string of the molecule is NC(=O)CCC(N)C(=O)O.[Al+3]. The van der Waals surface area contributed by atoms with Gasteiger partial charge in [-0.05, 0) is 6.42 Å². The van der Waals surface area contributed by atoms with Crippen LogP contribution in [0.4, 0.5) is 0 Å². The van der Waals surface area contributed by atoms with Gasteiger partial charge in [-0.2, -0.15) is 0 Å². The molecule has 6 heteroatoms. The Balaban J connectivity index is 0. The molecule has 0 spiro atoms. The van der Waals surface area contributed by atoms with Crippen molar-refractivity contribution in [3.63, 3.8) is 0 Å². The van der Waals surface area contributed by atoms with E-state index in [2.05, 4.69) is 0 Å². The monoisotopic (exact) mass is 173 g/mol. The number of carbonyl (C=O) groups is 2. The Morgan fingerprint density at radius 1 is 1.45 bits per heavy atom. The fourth-order valence-corrected chi connectivity index (χ4v) is 0.421. The first-order chi connectivity index (χ1) is 4.54. The zero-order valence-electron chi connectivity index (χ0n) is 5.99. The summed E-state index contributed by atoms with van der Waals surface area (Å²) in [5.41, 5.74) is 9.81. The Hall–Kier alpha value is -0.568. The van der Waals surface area contributed by atoms with E-state index in [1.165, 1.54) is 0 Å². The molecule has 0 aromatic carbocycles. The van der Waals surface area contributed by atoms with Crippen molar-refractivity contribution in [2.75, 3.05) is 0 Å². The van der Waals surface area contributed by atoms with Gasteiger partial charge in [-0.3, -0.25) is 9.59 Å². The van der Waals surface area contributed by atoms with E-state index in [0.717, 1.165) is 0 Å². The maximum atomic E-state index is 10.1. The van der Waals surface area contributed by atoms with Crippen LogP contribution in [0.25, 0.3) is 0 Å². The molecule has 0 aliphatic rings. The third kappa shape index (κ3) is 7.33. The van der Waals surface area contributed by atoms with E-state index >= 15 is 0 Å². The summed E-state index contributed by atoms with van der Waals surface area (Å²) in [6.07, 6.45) is 0.123. The topological polar surface area (TPSA) is 106 Å². The van der Waals surface area contributed by atoms with Crippen molar-refractivity contribution in [2.24, 2.45) is 11.5 Å². The number of aliphatic carboxylic acids is 1. The first-order valence-corrected chi connectivity index (χ1v) is 2.80. The van der Waals surface area contributed by atoms with Crippen LogP contribution < -0.4 is 11.5 Å². The molecule has 0 aromatic heterocycles.